The highest BCUT2D eigenvalue weighted by Gasteiger charge is 2.31. The zero-order valence-electron chi connectivity index (χ0n) is 20.3. The van der Waals surface area contributed by atoms with Crippen LogP contribution in [0.25, 0.3) is 0 Å². The number of carbonyl (C=O) groups is 2. The van der Waals surface area contributed by atoms with Gasteiger partial charge in [-0.1, -0.05) is 55.5 Å². The van der Waals surface area contributed by atoms with Gasteiger partial charge in [-0.25, -0.2) is 4.39 Å². The van der Waals surface area contributed by atoms with Gasteiger partial charge in [-0.3, -0.25) is 9.59 Å². The predicted octanol–water partition coefficient (Wildman–Crippen LogP) is 4.68. The standard InChI is InChI=1S/C28H31FN2O4/c1-4-16-30-28(33)27(22-8-6-5-7-9-22)31(19-20-10-13-23(29)14-11-20)26(32)18-21-12-15-24(34-2)25(17-21)35-3/h5-15,17,27H,4,16,18-19H2,1-3H3,(H,30,33)/t27-/m0/s1. The fraction of sp³-hybridized carbons (Fsp3) is 0.286. The number of methoxy groups -OCH3 is 2. The molecular formula is C28H31FN2O4. The molecule has 7 heteroatoms. The number of nitrogens with one attached hydrogen (secondary N) is 1. The van der Waals surface area contributed by atoms with Gasteiger partial charge in [-0.2, -0.15) is 0 Å². The summed E-state index contributed by atoms with van der Waals surface area (Å²) in [6.45, 7) is 2.61. The average molecular weight is 479 g/mol. The van der Waals surface area contributed by atoms with Crippen molar-refractivity contribution < 1.29 is 23.5 Å². The van der Waals surface area contributed by atoms with Crippen molar-refractivity contribution in [1.82, 2.24) is 10.2 Å². The van der Waals surface area contributed by atoms with Crippen LogP contribution >= 0.6 is 0 Å². The normalized spacial score (nSPS) is 11.4. The molecule has 0 aliphatic heterocycles. The molecule has 1 atom stereocenters. The number of nitrogens with zero attached hydrogens (tertiary/aromatic N) is 1. The van der Waals surface area contributed by atoms with E-state index in [1.54, 1.807) is 42.3 Å². The third-order valence-corrected chi connectivity index (χ3v) is 5.61. The highest BCUT2D eigenvalue weighted by molar-refractivity contribution is 5.89. The Morgan fingerprint density at radius 2 is 1.57 bits per heavy atom. The molecule has 6 nitrogen and oxygen atoms in total. The lowest BCUT2D eigenvalue weighted by Gasteiger charge is -2.32. The third-order valence-electron chi connectivity index (χ3n) is 5.61. The first-order chi connectivity index (χ1) is 17.0. The van der Waals surface area contributed by atoms with E-state index in [0.717, 1.165) is 17.5 Å². The van der Waals surface area contributed by atoms with Gasteiger partial charge in [0.2, 0.25) is 11.8 Å². The van der Waals surface area contributed by atoms with E-state index in [1.165, 1.54) is 19.2 Å². The second kappa shape index (κ2) is 12.6. The summed E-state index contributed by atoms with van der Waals surface area (Å²) >= 11 is 0. The fourth-order valence-electron chi connectivity index (χ4n) is 3.83. The molecule has 0 bridgehead atoms. The van der Waals surface area contributed by atoms with Gasteiger partial charge in [0, 0.05) is 13.1 Å². The molecule has 0 unspecified atom stereocenters. The molecule has 0 saturated heterocycles. The topological polar surface area (TPSA) is 67.9 Å². The van der Waals surface area contributed by atoms with Crippen LogP contribution in [0, 0.1) is 5.82 Å². The largest absolute Gasteiger partial charge is 0.493 e. The second-order valence-electron chi connectivity index (χ2n) is 8.12. The SMILES string of the molecule is CCCNC(=O)[C@H](c1ccccc1)N(Cc1ccc(F)cc1)C(=O)Cc1ccc(OC)c(OC)c1. The number of rotatable bonds is 11. The van der Waals surface area contributed by atoms with Gasteiger partial charge in [0.05, 0.1) is 20.6 Å². The Bertz CT molecular complexity index is 1120. The predicted molar refractivity (Wildman–Crippen MR) is 133 cm³/mol. The van der Waals surface area contributed by atoms with E-state index in [9.17, 15) is 14.0 Å². The van der Waals surface area contributed by atoms with E-state index in [-0.39, 0.29) is 30.6 Å². The fourth-order valence-corrected chi connectivity index (χ4v) is 3.83. The zero-order valence-corrected chi connectivity index (χ0v) is 20.3. The minimum atomic E-state index is -0.847. The van der Waals surface area contributed by atoms with E-state index in [1.807, 2.05) is 37.3 Å². The highest BCUT2D eigenvalue weighted by atomic mass is 19.1. The quantitative estimate of drug-likeness (QED) is 0.435. The van der Waals surface area contributed by atoms with Crippen LogP contribution < -0.4 is 14.8 Å². The second-order valence-corrected chi connectivity index (χ2v) is 8.12. The van der Waals surface area contributed by atoms with Gasteiger partial charge in [0.15, 0.2) is 11.5 Å². The van der Waals surface area contributed by atoms with E-state index >= 15 is 0 Å². The van der Waals surface area contributed by atoms with Crippen molar-refractivity contribution in [3.63, 3.8) is 0 Å². The van der Waals surface area contributed by atoms with E-state index in [4.69, 9.17) is 9.47 Å². The summed E-state index contributed by atoms with van der Waals surface area (Å²) in [4.78, 5) is 28.6. The van der Waals surface area contributed by atoms with Gasteiger partial charge in [-0.05, 0) is 47.4 Å². The number of hydrogen-bond donors (Lipinski definition) is 1. The van der Waals surface area contributed by atoms with E-state index < -0.39 is 6.04 Å². The van der Waals surface area contributed by atoms with Crippen LogP contribution in [0.3, 0.4) is 0 Å². The first-order valence-corrected chi connectivity index (χ1v) is 11.5. The minimum absolute atomic E-state index is 0.0476. The molecule has 2 amide bonds. The van der Waals surface area contributed by atoms with Crippen LogP contribution in [0.5, 0.6) is 11.5 Å². The molecule has 3 aromatic carbocycles. The molecule has 1 N–H and O–H groups in total. The highest BCUT2D eigenvalue weighted by Crippen LogP contribution is 2.29. The maximum atomic E-state index is 13.7. The smallest absolute Gasteiger partial charge is 0.247 e. The van der Waals surface area contributed by atoms with E-state index in [0.29, 0.717) is 23.6 Å². The zero-order chi connectivity index (χ0) is 25.2. The maximum Gasteiger partial charge on any atom is 0.247 e. The van der Waals surface area contributed by atoms with Crippen LogP contribution in [0.2, 0.25) is 0 Å². The third kappa shape index (κ3) is 6.82. The number of amides is 2. The summed E-state index contributed by atoms with van der Waals surface area (Å²) in [5, 5.41) is 2.93. The molecule has 184 valence electrons. The van der Waals surface area contributed by atoms with Crippen LogP contribution in [0.4, 0.5) is 4.39 Å². The summed E-state index contributed by atoms with van der Waals surface area (Å²) in [6, 6.07) is 19.6. The number of ether oxygens (including phenoxy) is 2. The van der Waals surface area contributed by atoms with Gasteiger partial charge in [0.25, 0.3) is 0 Å². The number of hydrogen-bond acceptors (Lipinski definition) is 4. The van der Waals surface area contributed by atoms with Crippen LogP contribution in [-0.2, 0) is 22.6 Å². The Hall–Kier alpha value is -3.87. The number of halogens is 1. The van der Waals surface area contributed by atoms with Crippen molar-refractivity contribution in [1.29, 1.82) is 0 Å². The Labute approximate surface area is 205 Å². The molecule has 0 fully saturated rings. The summed E-state index contributed by atoms with van der Waals surface area (Å²) in [6.07, 6.45) is 0.816. The molecule has 3 aromatic rings. The Balaban J connectivity index is 1.99. The molecule has 0 aliphatic carbocycles. The van der Waals surface area contributed by atoms with Crippen molar-refractivity contribution in [2.75, 3.05) is 20.8 Å². The lowest BCUT2D eigenvalue weighted by molar-refractivity contribution is -0.141. The average Bonchev–Trinajstić information content (AvgIpc) is 2.88. The molecule has 0 aliphatic rings. The lowest BCUT2D eigenvalue weighted by Crippen LogP contribution is -2.44. The summed E-state index contributed by atoms with van der Waals surface area (Å²) < 4.78 is 24.2. The number of benzene rings is 3. The Morgan fingerprint density at radius 3 is 2.20 bits per heavy atom. The summed E-state index contributed by atoms with van der Waals surface area (Å²) in [5.74, 6) is 0.205. The van der Waals surface area contributed by atoms with Crippen molar-refractivity contribution in [3.05, 3.63) is 95.3 Å². The Morgan fingerprint density at radius 1 is 0.914 bits per heavy atom. The molecule has 0 aromatic heterocycles. The van der Waals surface area contributed by atoms with Crippen molar-refractivity contribution in [3.8, 4) is 11.5 Å². The van der Waals surface area contributed by atoms with Crippen molar-refractivity contribution in [2.45, 2.75) is 32.4 Å². The molecular weight excluding hydrogens is 447 g/mol. The molecule has 0 heterocycles. The van der Waals surface area contributed by atoms with Gasteiger partial charge in [0.1, 0.15) is 11.9 Å². The lowest BCUT2D eigenvalue weighted by atomic mass is 10.0. The molecule has 35 heavy (non-hydrogen) atoms. The number of carbonyl (C=O) groups excluding carboxylic acids is 2. The first kappa shape index (κ1) is 25.7. The molecule has 0 saturated carbocycles. The summed E-state index contributed by atoms with van der Waals surface area (Å²) in [7, 11) is 3.08. The van der Waals surface area contributed by atoms with Gasteiger partial charge in [-0.15, -0.1) is 0 Å². The Kier molecular flexibility index (Phi) is 9.23. The van der Waals surface area contributed by atoms with Crippen molar-refractivity contribution >= 4 is 11.8 Å². The first-order valence-electron chi connectivity index (χ1n) is 11.5. The molecule has 0 spiro atoms. The summed E-state index contributed by atoms with van der Waals surface area (Å²) in [5.41, 5.74) is 2.14. The van der Waals surface area contributed by atoms with Crippen LogP contribution in [0.1, 0.15) is 36.1 Å². The minimum Gasteiger partial charge on any atom is -0.493 e. The van der Waals surface area contributed by atoms with Gasteiger partial charge >= 0.3 is 0 Å². The monoisotopic (exact) mass is 478 g/mol. The maximum absolute atomic E-state index is 13.7. The molecule has 3 rings (SSSR count). The van der Waals surface area contributed by atoms with Gasteiger partial charge < -0.3 is 19.7 Å². The van der Waals surface area contributed by atoms with Crippen molar-refractivity contribution in [2.24, 2.45) is 0 Å². The van der Waals surface area contributed by atoms with Crippen LogP contribution in [-0.4, -0.2) is 37.5 Å². The van der Waals surface area contributed by atoms with E-state index in [2.05, 4.69) is 5.32 Å². The molecule has 0 radical (unpaired) electrons. The van der Waals surface area contributed by atoms with Crippen LogP contribution in [0.15, 0.2) is 72.8 Å².